The number of carbonyl (C=O) groups excluding carboxylic acids is 1. The van der Waals surface area contributed by atoms with Crippen molar-refractivity contribution in [3.8, 4) is 0 Å². The number of nitrogens with zero attached hydrogens (tertiary/aromatic N) is 3. The van der Waals surface area contributed by atoms with Crippen LogP contribution in [0.15, 0.2) is 41.1 Å². The van der Waals surface area contributed by atoms with Crippen LogP contribution < -0.4 is 15.1 Å². The molecule has 0 atom stereocenters. The summed E-state index contributed by atoms with van der Waals surface area (Å²) >= 11 is 3.44. The van der Waals surface area contributed by atoms with Gasteiger partial charge in [0, 0.05) is 22.6 Å². The van der Waals surface area contributed by atoms with E-state index in [4.69, 9.17) is 0 Å². The van der Waals surface area contributed by atoms with E-state index in [0.29, 0.717) is 6.54 Å². The third-order valence-corrected chi connectivity index (χ3v) is 4.67. The summed E-state index contributed by atoms with van der Waals surface area (Å²) in [6, 6.07) is 7.69. The highest BCUT2D eigenvalue weighted by molar-refractivity contribution is 9.10. The monoisotopic (exact) mass is 390 g/mol. The van der Waals surface area contributed by atoms with E-state index in [-0.39, 0.29) is 5.91 Å². The standard InChI is InChI=1S/C17H20BrN5O/c1-13-11-14(18)3-4-15(13)21-16(24)12-22-7-9-23(10-8-22)17-19-5-2-6-20-17/h2-6,11H,7-10,12H2,1H3,(H,21,24)/p+1. The van der Waals surface area contributed by atoms with Crippen LogP contribution in [0.5, 0.6) is 0 Å². The van der Waals surface area contributed by atoms with Gasteiger partial charge in [-0.25, -0.2) is 9.97 Å². The Labute approximate surface area is 150 Å². The third kappa shape index (κ3) is 4.30. The van der Waals surface area contributed by atoms with Crippen LogP contribution in [0.4, 0.5) is 11.6 Å². The van der Waals surface area contributed by atoms with Crippen molar-refractivity contribution in [2.24, 2.45) is 0 Å². The minimum Gasteiger partial charge on any atom is -0.330 e. The zero-order chi connectivity index (χ0) is 16.9. The van der Waals surface area contributed by atoms with Crippen molar-refractivity contribution >= 4 is 33.5 Å². The highest BCUT2D eigenvalue weighted by Crippen LogP contribution is 2.19. The molecule has 6 nitrogen and oxygen atoms in total. The number of aryl methyl sites for hydroxylation is 1. The second-order valence-corrected chi connectivity index (χ2v) is 6.89. The van der Waals surface area contributed by atoms with Gasteiger partial charge in [-0.15, -0.1) is 0 Å². The molecule has 2 heterocycles. The van der Waals surface area contributed by atoms with E-state index in [0.717, 1.165) is 47.9 Å². The molecule has 0 saturated carbocycles. The quantitative estimate of drug-likeness (QED) is 0.813. The smallest absolute Gasteiger partial charge is 0.279 e. The number of piperazine rings is 1. The third-order valence-electron chi connectivity index (χ3n) is 4.18. The minimum absolute atomic E-state index is 0.0554. The van der Waals surface area contributed by atoms with Crippen molar-refractivity contribution in [3.63, 3.8) is 0 Å². The topological polar surface area (TPSA) is 62.6 Å². The molecule has 0 spiro atoms. The number of nitrogens with one attached hydrogen (secondary N) is 2. The summed E-state index contributed by atoms with van der Waals surface area (Å²) in [6.45, 7) is 6.02. The zero-order valence-electron chi connectivity index (χ0n) is 13.6. The minimum atomic E-state index is 0.0554. The summed E-state index contributed by atoms with van der Waals surface area (Å²) in [5.41, 5.74) is 1.93. The van der Waals surface area contributed by atoms with Crippen molar-refractivity contribution in [2.45, 2.75) is 6.92 Å². The lowest BCUT2D eigenvalue weighted by Crippen LogP contribution is -3.15. The molecular weight excluding hydrogens is 370 g/mol. The summed E-state index contributed by atoms with van der Waals surface area (Å²) in [5.74, 6) is 0.825. The van der Waals surface area contributed by atoms with Gasteiger partial charge in [-0.3, -0.25) is 4.79 Å². The van der Waals surface area contributed by atoms with Gasteiger partial charge in [-0.05, 0) is 36.8 Å². The lowest BCUT2D eigenvalue weighted by Gasteiger charge is -2.31. The number of benzene rings is 1. The normalized spacial score (nSPS) is 15.3. The molecular formula is C17H21BrN5O+. The summed E-state index contributed by atoms with van der Waals surface area (Å²) in [5, 5.41) is 3.01. The Morgan fingerprint density at radius 3 is 2.67 bits per heavy atom. The lowest BCUT2D eigenvalue weighted by molar-refractivity contribution is -0.892. The molecule has 1 aliphatic rings. The first-order valence-electron chi connectivity index (χ1n) is 8.03. The average molecular weight is 391 g/mol. The molecule has 1 fully saturated rings. The van der Waals surface area contributed by atoms with E-state index in [1.54, 1.807) is 12.4 Å². The second kappa shape index (κ2) is 7.72. The predicted molar refractivity (Wildman–Crippen MR) is 97.3 cm³/mol. The summed E-state index contributed by atoms with van der Waals surface area (Å²) < 4.78 is 1.02. The molecule has 24 heavy (non-hydrogen) atoms. The van der Waals surface area contributed by atoms with Crippen molar-refractivity contribution in [2.75, 3.05) is 42.9 Å². The fourth-order valence-electron chi connectivity index (χ4n) is 2.84. The van der Waals surface area contributed by atoms with E-state index in [1.807, 2.05) is 31.2 Å². The summed E-state index contributed by atoms with van der Waals surface area (Å²) in [7, 11) is 0. The number of amides is 1. The highest BCUT2D eigenvalue weighted by atomic mass is 79.9. The maximum absolute atomic E-state index is 12.3. The predicted octanol–water partition coefficient (Wildman–Crippen LogP) is 0.891. The first-order valence-corrected chi connectivity index (χ1v) is 8.82. The van der Waals surface area contributed by atoms with Gasteiger partial charge in [-0.2, -0.15) is 0 Å². The van der Waals surface area contributed by atoms with Crippen LogP contribution >= 0.6 is 15.9 Å². The number of rotatable bonds is 4. The molecule has 2 aromatic rings. The van der Waals surface area contributed by atoms with Gasteiger partial charge in [-0.1, -0.05) is 15.9 Å². The van der Waals surface area contributed by atoms with Gasteiger partial charge >= 0.3 is 0 Å². The molecule has 1 aromatic carbocycles. The average Bonchev–Trinajstić information content (AvgIpc) is 2.59. The van der Waals surface area contributed by atoms with Gasteiger partial charge in [0.05, 0.1) is 26.2 Å². The molecule has 126 valence electrons. The van der Waals surface area contributed by atoms with Crippen molar-refractivity contribution in [1.82, 2.24) is 9.97 Å². The Hall–Kier alpha value is -1.99. The first-order chi connectivity index (χ1) is 11.6. The number of aromatic nitrogens is 2. The molecule has 2 N–H and O–H groups in total. The fourth-order valence-corrected chi connectivity index (χ4v) is 3.32. The Morgan fingerprint density at radius 2 is 2.00 bits per heavy atom. The Kier molecular flexibility index (Phi) is 5.42. The van der Waals surface area contributed by atoms with Gasteiger partial charge in [0.25, 0.3) is 5.91 Å². The Morgan fingerprint density at radius 1 is 1.29 bits per heavy atom. The number of hydrogen-bond acceptors (Lipinski definition) is 4. The van der Waals surface area contributed by atoms with Crippen LogP contribution in [0.25, 0.3) is 0 Å². The molecule has 0 aliphatic carbocycles. The summed E-state index contributed by atoms with van der Waals surface area (Å²) in [6.07, 6.45) is 3.52. The van der Waals surface area contributed by atoms with E-state index in [9.17, 15) is 4.79 Å². The number of halogens is 1. The van der Waals surface area contributed by atoms with Crippen LogP contribution in [0.2, 0.25) is 0 Å². The first kappa shape index (κ1) is 16.9. The number of anilines is 2. The van der Waals surface area contributed by atoms with Crippen LogP contribution in [0.1, 0.15) is 5.56 Å². The fraction of sp³-hybridized carbons (Fsp3) is 0.353. The van der Waals surface area contributed by atoms with E-state index >= 15 is 0 Å². The molecule has 0 bridgehead atoms. The van der Waals surface area contributed by atoms with Gasteiger partial charge in [0.1, 0.15) is 0 Å². The molecule has 3 rings (SSSR count). The Balaban J connectivity index is 1.50. The highest BCUT2D eigenvalue weighted by Gasteiger charge is 2.23. The molecule has 7 heteroatoms. The van der Waals surface area contributed by atoms with Gasteiger partial charge in [0.2, 0.25) is 5.95 Å². The molecule has 0 unspecified atom stereocenters. The van der Waals surface area contributed by atoms with Gasteiger partial charge < -0.3 is 15.1 Å². The molecule has 1 aliphatic heterocycles. The van der Waals surface area contributed by atoms with Gasteiger partial charge in [0.15, 0.2) is 6.54 Å². The lowest BCUT2D eigenvalue weighted by atomic mass is 10.2. The largest absolute Gasteiger partial charge is 0.330 e. The second-order valence-electron chi connectivity index (χ2n) is 5.97. The zero-order valence-corrected chi connectivity index (χ0v) is 15.2. The number of carbonyl (C=O) groups is 1. The SMILES string of the molecule is Cc1cc(Br)ccc1NC(=O)C[NH+]1CCN(c2ncccn2)CC1. The van der Waals surface area contributed by atoms with E-state index in [1.165, 1.54) is 4.90 Å². The summed E-state index contributed by atoms with van der Waals surface area (Å²) in [4.78, 5) is 24.3. The van der Waals surface area contributed by atoms with E-state index in [2.05, 4.69) is 36.1 Å². The van der Waals surface area contributed by atoms with Crippen molar-refractivity contribution in [3.05, 3.63) is 46.7 Å². The maximum atomic E-state index is 12.3. The molecule has 1 aromatic heterocycles. The number of quaternary nitrogens is 1. The van der Waals surface area contributed by atoms with Crippen LogP contribution in [-0.4, -0.2) is 48.6 Å². The number of hydrogen-bond donors (Lipinski definition) is 2. The molecule has 1 saturated heterocycles. The van der Waals surface area contributed by atoms with E-state index < -0.39 is 0 Å². The van der Waals surface area contributed by atoms with Crippen LogP contribution in [-0.2, 0) is 4.79 Å². The van der Waals surface area contributed by atoms with Crippen LogP contribution in [0, 0.1) is 6.92 Å². The molecule has 1 amide bonds. The van der Waals surface area contributed by atoms with Crippen molar-refractivity contribution in [1.29, 1.82) is 0 Å². The molecule has 0 radical (unpaired) electrons. The van der Waals surface area contributed by atoms with Crippen LogP contribution in [0.3, 0.4) is 0 Å². The maximum Gasteiger partial charge on any atom is 0.279 e. The van der Waals surface area contributed by atoms with Crippen molar-refractivity contribution < 1.29 is 9.69 Å². The Bertz CT molecular complexity index is 701.